The summed E-state index contributed by atoms with van der Waals surface area (Å²) < 4.78 is 0. The Morgan fingerprint density at radius 3 is 2.55 bits per heavy atom. The second-order valence-electron chi connectivity index (χ2n) is 6.94. The van der Waals surface area contributed by atoms with Crippen molar-refractivity contribution in [2.75, 3.05) is 26.2 Å². The van der Waals surface area contributed by atoms with Gasteiger partial charge >= 0.3 is 0 Å². The van der Waals surface area contributed by atoms with Crippen LogP contribution >= 0.6 is 0 Å². The van der Waals surface area contributed by atoms with Gasteiger partial charge in [-0.25, -0.2) is 4.98 Å². The van der Waals surface area contributed by atoms with Gasteiger partial charge in [-0.3, -0.25) is 24.3 Å². The fraction of sp³-hybridized carbons (Fsp3) is 0.450. The van der Waals surface area contributed by atoms with Gasteiger partial charge in [-0.05, 0) is 39.3 Å². The molecular formula is C20H27N5O4. The molecule has 0 unspecified atom stereocenters. The first-order valence-electron chi connectivity index (χ1n) is 9.44. The van der Waals surface area contributed by atoms with Gasteiger partial charge in [0.15, 0.2) is 0 Å². The Kier molecular flexibility index (Phi) is 8.02. The molecule has 156 valence electrons. The fourth-order valence-corrected chi connectivity index (χ4v) is 3.37. The van der Waals surface area contributed by atoms with Crippen molar-refractivity contribution < 1.29 is 14.7 Å². The zero-order valence-corrected chi connectivity index (χ0v) is 17.0. The van der Waals surface area contributed by atoms with E-state index in [0.717, 1.165) is 43.1 Å². The highest BCUT2D eigenvalue weighted by atomic mass is 16.3. The van der Waals surface area contributed by atoms with Crippen molar-refractivity contribution in [2.45, 2.75) is 33.7 Å². The molecule has 0 bridgehead atoms. The summed E-state index contributed by atoms with van der Waals surface area (Å²) in [5.41, 5.74) is 3.02. The lowest BCUT2D eigenvalue weighted by Crippen LogP contribution is -2.35. The predicted molar refractivity (Wildman–Crippen MR) is 108 cm³/mol. The van der Waals surface area contributed by atoms with Crippen molar-refractivity contribution in [3.05, 3.63) is 57.0 Å². The van der Waals surface area contributed by atoms with E-state index in [9.17, 15) is 9.59 Å². The summed E-state index contributed by atoms with van der Waals surface area (Å²) >= 11 is 0. The molecule has 0 radical (unpaired) electrons. The van der Waals surface area contributed by atoms with E-state index in [1.165, 1.54) is 0 Å². The maximum atomic E-state index is 12.8. The van der Waals surface area contributed by atoms with Crippen LogP contribution in [-0.4, -0.2) is 68.4 Å². The van der Waals surface area contributed by atoms with Crippen LogP contribution in [0.25, 0.3) is 0 Å². The van der Waals surface area contributed by atoms with E-state index in [1.807, 2.05) is 30.9 Å². The molecule has 1 fully saturated rings. The first kappa shape index (κ1) is 22.2. The lowest BCUT2D eigenvalue weighted by atomic mass is 10.1. The maximum absolute atomic E-state index is 12.8. The number of pyridine rings is 1. The monoisotopic (exact) mass is 401 g/mol. The van der Waals surface area contributed by atoms with Crippen LogP contribution < -0.4 is 5.56 Å². The highest BCUT2D eigenvalue weighted by Crippen LogP contribution is 2.13. The number of rotatable bonds is 3. The lowest BCUT2D eigenvalue weighted by molar-refractivity contribution is -0.122. The molecule has 0 atom stereocenters. The molecule has 1 saturated heterocycles. The number of carbonyl (C=O) groups excluding carboxylic acids is 1. The van der Waals surface area contributed by atoms with Crippen molar-refractivity contribution in [1.82, 2.24) is 24.8 Å². The summed E-state index contributed by atoms with van der Waals surface area (Å²) in [6.07, 6.45) is 0.895. The minimum Gasteiger partial charge on any atom is -0.483 e. The highest BCUT2D eigenvalue weighted by Gasteiger charge is 2.22. The third-order valence-electron chi connectivity index (χ3n) is 4.63. The molecule has 0 aromatic carbocycles. The van der Waals surface area contributed by atoms with Crippen molar-refractivity contribution in [2.24, 2.45) is 0 Å². The average Bonchev–Trinajstić information content (AvgIpc) is 2.86. The fourth-order valence-electron chi connectivity index (χ4n) is 3.37. The third-order valence-corrected chi connectivity index (χ3v) is 4.63. The van der Waals surface area contributed by atoms with Crippen molar-refractivity contribution in [1.29, 1.82) is 0 Å². The molecule has 9 nitrogen and oxygen atoms in total. The largest absolute Gasteiger partial charge is 0.483 e. The van der Waals surface area contributed by atoms with E-state index in [-0.39, 0.29) is 17.9 Å². The number of hydrogen-bond donors (Lipinski definition) is 2. The zero-order chi connectivity index (χ0) is 21.4. The predicted octanol–water partition coefficient (Wildman–Crippen LogP) is 1.14. The van der Waals surface area contributed by atoms with Gasteiger partial charge in [-0.1, -0.05) is 0 Å². The van der Waals surface area contributed by atoms with E-state index < -0.39 is 0 Å². The molecule has 3 rings (SSSR count). The van der Waals surface area contributed by atoms with E-state index >= 15 is 0 Å². The normalized spacial score (nSPS) is 14.5. The topological polar surface area (TPSA) is 119 Å². The molecule has 0 spiro atoms. The Bertz CT molecular complexity index is 912. The molecule has 2 aromatic heterocycles. The number of amides is 1. The van der Waals surface area contributed by atoms with Gasteiger partial charge in [-0.15, -0.1) is 0 Å². The Morgan fingerprint density at radius 2 is 1.90 bits per heavy atom. The SMILES string of the molecule is Cc1ccc(C(=O)N2CCCN(Cc3cc(=O)[nH]c(C)n3)CC2)c(C)n1.O=CO. The van der Waals surface area contributed by atoms with E-state index in [1.54, 1.807) is 13.0 Å². The summed E-state index contributed by atoms with van der Waals surface area (Å²) in [6, 6.07) is 5.29. The van der Waals surface area contributed by atoms with Gasteiger partial charge in [0.1, 0.15) is 5.82 Å². The first-order chi connectivity index (χ1) is 13.8. The van der Waals surface area contributed by atoms with Gasteiger partial charge < -0.3 is 15.0 Å². The molecule has 2 aromatic rings. The number of H-pyrrole nitrogens is 1. The number of nitrogens with zero attached hydrogens (tertiary/aromatic N) is 4. The molecule has 1 amide bonds. The average molecular weight is 401 g/mol. The van der Waals surface area contributed by atoms with Gasteiger partial charge in [0.05, 0.1) is 17.0 Å². The van der Waals surface area contributed by atoms with E-state index in [2.05, 4.69) is 19.9 Å². The van der Waals surface area contributed by atoms with Crippen molar-refractivity contribution in [3.63, 3.8) is 0 Å². The molecule has 1 aliphatic heterocycles. The van der Waals surface area contributed by atoms with Crippen molar-refractivity contribution >= 4 is 12.4 Å². The summed E-state index contributed by atoms with van der Waals surface area (Å²) in [4.78, 5) is 48.4. The van der Waals surface area contributed by atoms with Crippen molar-refractivity contribution in [3.8, 4) is 0 Å². The molecular weight excluding hydrogens is 374 g/mol. The smallest absolute Gasteiger partial charge is 0.290 e. The van der Waals surface area contributed by atoms with Crippen LogP contribution in [0.5, 0.6) is 0 Å². The Morgan fingerprint density at radius 1 is 1.17 bits per heavy atom. The molecule has 2 N–H and O–H groups in total. The van der Waals surface area contributed by atoms with Crippen LogP contribution in [0.2, 0.25) is 0 Å². The summed E-state index contributed by atoms with van der Waals surface area (Å²) in [5, 5.41) is 6.89. The van der Waals surface area contributed by atoms with Crippen LogP contribution in [-0.2, 0) is 11.3 Å². The summed E-state index contributed by atoms with van der Waals surface area (Å²) in [5.74, 6) is 0.670. The minimum atomic E-state index is -0.250. The standard InChI is InChI=1S/C19H25N5O2.CH2O2/c1-13-5-6-17(14(2)20-13)19(26)24-8-4-7-23(9-10-24)12-16-11-18(25)22-15(3)21-16;2-1-3/h5-6,11H,4,7-10,12H2,1-3H3,(H,21,22,25);1H,(H,2,3). The van der Waals surface area contributed by atoms with Gasteiger partial charge in [0.2, 0.25) is 0 Å². The van der Waals surface area contributed by atoms with Gasteiger partial charge in [-0.2, -0.15) is 0 Å². The Labute approximate surface area is 169 Å². The van der Waals surface area contributed by atoms with Crippen LogP contribution in [0.1, 0.15) is 39.7 Å². The number of hydrogen-bond acceptors (Lipinski definition) is 6. The van der Waals surface area contributed by atoms with Crippen LogP contribution in [0.3, 0.4) is 0 Å². The minimum absolute atomic E-state index is 0.0435. The zero-order valence-electron chi connectivity index (χ0n) is 17.0. The second kappa shape index (κ2) is 10.5. The molecule has 1 aliphatic rings. The van der Waals surface area contributed by atoms with E-state index in [0.29, 0.717) is 24.5 Å². The number of aromatic amines is 1. The quantitative estimate of drug-likeness (QED) is 0.740. The molecule has 3 heterocycles. The summed E-state index contributed by atoms with van der Waals surface area (Å²) in [7, 11) is 0. The number of nitrogens with one attached hydrogen (secondary N) is 1. The number of aryl methyl sites for hydroxylation is 3. The molecule has 9 heteroatoms. The third kappa shape index (κ3) is 6.49. The van der Waals surface area contributed by atoms with Crippen LogP contribution in [0.15, 0.2) is 23.0 Å². The van der Waals surface area contributed by atoms with Gasteiger partial charge in [0.25, 0.3) is 17.9 Å². The van der Waals surface area contributed by atoms with Crippen LogP contribution in [0, 0.1) is 20.8 Å². The molecule has 0 saturated carbocycles. The summed E-state index contributed by atoms with van der Waals surface area (Å²) in [6.45, 7) is 8.99. The number of aromatic nitrogens is 3. The molecule has 0 aliphatic carbocycles. The highest BCUT2D eigenvalue weighted by molar-refractivity contribution is 5.95. The molecule has 29 heavy (non-hydrogen) atoms. The van der Waals surface area contributed by atoms with Gasteiger partial charge in [0, 0.05) is 44.5 Å². The number of carbonyl (C=O) groups is 2. The number of carboxylic acid groups (broad SMARTS) is 1. The lowest BCUT2D eigenvalue weighted by Gasteiger charge is -2.22. The second-order valence-corrected chi connectivity index (χ2v) is 6.94. The maximum Gasteiger partial charge on any atom is 0.290 e. The Balaban J connectivity index is 0.000000941. The Hall–Kier alpha value is -3.07. The van der Waals surface area contributed by atoms with Crippen LogP contribution in [0.4, 0.5) is 0 Å². The first-order valence-corrected chi connectivity index (χ1v) is 9.44. The van der Waals surface area contributed by atoms with E-state index in [4.69, 9.17) is 9.90 Å².